The predicted molar refractivity (Wildman–Crippen MR) is 93.3 cm³/mol. The van der Waals surface area contributed by atoms with Crippen molar-refractivity contribution >= 4 is 46.4 Å². The number of aromatic amines is 1. The molecule has 1 heterocycles. The molecular formula is C16H10Cl4N2. The lowest BCUT2D eigenvalue weighted by atomic mass is 10.1. The third kappa shape index (κ3) is 3.41. The van der Waals surface area contributed by atoms with Gasteiger partial charge in [0.05, 0.1) is 15.7 Å². The van der Waals surface area contributed by atoms with Gasteiger partial charge < -0.3 is 4.98 Å². The quantitative estimate of drug-likeness (QED) is 0.576. The number of hydrogen-bond donors (Lipinski definition) is 1. The summed E-state index contributed by atoms with van der Waals surface area (Å²) in [5.74, 6) is 0.787. The molecule has 0 aliphatic rings. The van der Waals surface area contributed by atoms with E-state index < -0.39 is 0 Å². The topological polar surface area (TPSA) is 28.7 Å². The molecule has 0 amide bonds. The van der Waals surface area contributed by atoms with Gasteiger partial charge in [-0.1, -0.05) is 58.5 Å². The molecule has 0 fully saturated rings. The van der Waals surface area contributed by atoms with Crippen LogP contribution in [0.25, 0.3) is 11.3 Å². The molecular weight excluding hydrogens is 362 g/mol. The highest BCUT2D eigenvalue weighted by Crippen LogP contribution is 2.29. The molecule has 1 N–H and O–H groups in total. The van der Waals surface area contributed by atoms with Gasteiger partial charge in [0.2, 0.25) is 0 Å². The minimum absolute atomic E-state index is 0.535. The summed E-state index contributed by atoms with van der Waals surface area (Å²) in [5, 5.41) is 2.23. The van der Waals surface area contributed by atoms with Crippen molar-refractivity contribution in [3.63, 3.8) is 0 Å². The summed E-state index contributed by atoms with van der Waals surface area (Å²) in [6.07, 6.45) is 2.38. The number of hydrogen-bond acceptors (Lipinski definition) is 1. The van der Waals surface area contributed by atoms with Crippen molar-refractivity contribution in [1.29, 1.82) is 0 Å². The number of rotatable bonds is 3. The van der Waals surface area contributed by atoms with E-state index in [0.717, 1.165) is 22.6 Å². The van der Waals surface area contributed by atoms with Gasteiger partial charge in [0, 0.05) is 28.2 Å². The zero-order chi connectivity index (χ0) is 15.7. The van der Waals surface area contributed by atoms with Crippen molar-refractivity contribution in [2.45, 2.75) is 6.42 Å². The van der Waals surface area contributed by atoms with Crippen molar-refractivity contribution < 1.29 is 0 Å². The van der Waals surface area contributed by atoms with E-state index in [1.165, 1.54) is 0 Å². The fraction of sp³-hybridized carbons (Fsp3) is 0.0625. The Labute approximate surface area is 148 Å². The van der Waals surface area contributed by atoms with Gasteiger partial charge in [0.25, 0.3) is 0 Å². The number of halogens is 4. The average molecular weight is 372 g/mol. The van der Waals surface area contributed by atoms with E-state index in [4.69, 9.17) is 46.4 Å². The zero-order valence-electron chi connectivity index (χ0n) is 11.2. The first-order valence-corrected chi connectivity index (χ1v) is 7.98. The van der Waals surface area contributed by atoms with Gasteiger partial charge in [-0.05, 0) is 29.8 Å². The van der Waals surface area contributed by atoms with Gasteiger partial charge in [0.1, 0.15) is 5.82 Å². The third-order valence-electron chi connectivity index (χ3n) is 3.18. The number of nitrogens with zero attached hydrogens (tertiary/aromatic N) is 1. The van der Waals surface area contributed by atoms with Crippen LogP contribution in [0.2, 0.25) is 20.1 Å². The second-order valence-corrected chi connectivity index (χ2v) is 6.44. The van der Waals surface area contributed by atoms with E-state index in [-0.39, 0.29) is 0 Å². The normalized spacial score (nSPS) is 10.9. The van der Waals surface area contributed by atoms with Crippen LogP contribution >= 0.6 is 46.4 Å². The lowest BCUT2D eigenvalue weighted by Crippen LogP contribution is -1.92. The van der Waals surface area contributed by atoms with E-state index >= 15 is 0 Å². The number of H-pyrrole nitrogens is 1. The highest BCUT2D eigenvalue weighted by Gasteiger charge is 2.10. The van der Waals surface area contributed by atoms with Crippen molar-refractivity contribution in [2.75, 3.05) is 0 Å². The van der Waals surface area contributed by atoms with Crippen LogP contribution in [0.1, 0.15) is 11.4 Å². The van der Waals surface area contributed by atoms with Crippen LogP contribution < -0.4 is 0 Å². The van der Waals surface area contributed by atoms with E-state index in [0.29, 0.717) is 26.5 Å². The average Bonchev–Trinajstić information content (AvgIpc) is 2.91. The van der Waals surface area contributed by atoms with Crippen molar-refractivity contribution in [2.24, 2.45) is 0 Å². The maximum atomic E-state index is 6.20. The number of imidazole rings is 1. The van der Waals surface area contributed by atoms with Crippen molar-refractivity contribution in [3.8, 4) is 11.3 Å². The second kappa shape index (κ2) is 6.51. The number of benzene rings is 2. The fourth-order valence-corrected chi connectivity index (χ4v) is 3.08. The first kappa shape index (κ1) is 15.7. The summed E-state index contributed by atoms with van der Waals surface area (Å²) in [6, 6.07) is 10.9. The lowest BCUT2D eigenvalue weighted by molar-refractivity contribution is 1.03. The van der Waals surface area contributed by atoms with Crippen LogP contribution in [0, 0.1) is 0 Å². The van der Waals surface area contributed by atoms with Crippen LogP contribution in [-0.2, 0) is 6.42 Å². The molecule has 1 aromatic heterocycles. The van der Waals surface area contributed by atoms with Crippen molar-refractivity contribution in [1.82, 2.24) is 9.97 Å². The van der Waals surface area contributed by atoms with E-state index in [1.54, 1.807) is 12.1 Å². The molecule has 2 nitrogen and oxygen atoms in total. The van der Waals surface area contributed by atoms with Crippen LogP contribution in [-0.4, -0.2) is 9.97 Å². The molecule has 0 atom stereocenters. The first-order valence-electron chi connectivity index (χ1n) is 6.46. The van der Waals surface area contributed by atoms with Crippen LogP contribution in [0.4, 0.5) is 0 Å². The molecule has 0 spiro atoms. The smallest absolute Gasteiger partial charge is 0.111 e. The summed E-state index contributed by atoms with van der Waals surface area (Å²) in [6.45, 7) is 0. The molecule has 0 saturated heterocycles. The van der Waals surface area contributed by atoms with Crippen molar-refractivity contribution in [3.05, 3.63) is 74.1 Å². The maximum Gasteiger partial charge on any atom is 0.111 e. The maximum absolute atomic E-state index is 6.20. The van der Waals surface area contributed by atoms with Gasteiger partial charge in [-0.2, -0.15) is 0 Å². The standard InChI is InChI=1S/C16H10Cl4N2/c17-11-4-10(5-12(18)7-11)14-8-21-15(22-14)6-9-2-1-3-13(19)16(9)20/h1-5,7-8H,6H2,(H,21,22). The lowest BCUT2D eigenvalue weighted by Gasteiger charge is -2.03. The van der Waals surface area contributed by atoms with Gasteiger partial charge in [0.15, 0.2) is 0 Å². The van der Waals surface area contributed by atoms with Crippen LogP contribution in [0.3, 0.4) is 0 Å². The highest BCUT2D eigenvalue weighted by atomic mass is 35.5. The second-order valence-electron chi connectivity index (χ2n) is 4.78. The molecule has 2 aromatic carbocycles. The molecule has 3 aromatic rings. The van der Waals surface area contributed by atoms with Gasteiger partial charge in [-0.3, -0.25) is 0 Å². The monoisotopic (exact) mass is 370 g/mol. The minimum atomic E-state index is 0.535. The van der Waals surface area contributed by atoms with Crippen LogP contribution in [0.15, 0.2) is 42.6 Å². The predicted octanol–water partition coefficient (Wildman–Crippen LogP) is 6.28. The van der Waals surface area contributed by atoms with E-state index in [9.17, 15) is 0 Å². The molecule has 0 aliphatic carbocycles. The molecule has 0 radical (unpaired) electrons. The Hall–Kier alpha value is -1.19. The Morgan fingerprint density at radius 3 is 2.41 bits per heavy atom. The number of aromatic nitrogens is 2. The molecule has 3 rings (SSSR count). The van der Waals surface area contributed by atoms with Gasteiger partial charge in [-0.25, -0.2) is 4.98 Å². The van der Waals surface area contributed by atoms with Gasteiger partial charge >= 0.3 is 0 Å². The fourth-order valence-electron chi connectivity index (χ4n) is 2.17. The third-order valence-corrected chi connectivity index (χ3v) is 4.47. The summed E-state index contributed by atoms with van der Waals surface area (Å²) in [5.41, 5.74) is 2.55. The summed E-state index contributed by atoms with van der Waals surface area (Å²) >= 11 is 24.3. The largest absolute Gasteiger partial charge is 0.348 e. The highest BCUT2D eigenvalue weighted by molar-refractivity contribution is 6.42. The molecule has 0 bridgehead atoms. The molecule has 0 aliphatic heterocycles. The Bertz CT molecular complexity index is 807. The Kier molecular flexibility index (Phi) is 4.65. The molecule has 22 heavy (non-hydrogen) atoms. The minimum Gasteiger partial charge on any atom is -0.348 e. The number of nitrogens with one attached hydrogen (secondary N) is 1. The Morgan fingerprint density at radius 1 is 0.955 bits per heavy atom. The van der Waals surface area contributed by atoms with E-state index in [2.05, 4.69) is 9.97 Å². The first-order chi connectivity index (χ1) is 10.5. The molecule has 0 saturated carbocycles. The zero-order valence-corrected chi connectivity index (χ0v) is 14.2. The van der Waals surface area contributed by atoms with Crippen LogP contribution in [0.5, 0.6) is 0 Å². The summed E-state index contributed by atoms with van der Waals surface area (Å²) in [7, 11) is 0. The van der Waals surface area contributed by atoms with E-state index in [1.807, 2.05) is 30.5 Å². The molecule has 6 heteroatoms. The summed E-state index contributed by atoms with van der Waals surface area (Å²) < 4.78 is 0. The van der Waals surface area contributed by atoms with Gasteiger partial charge in [-0.15, -0.1) is 0 Å². The summed E-state index contributed by atoms with van der Waals surface area (Å²) in [4.78, 5) is 7.69. The Balaban J connectivity index is 1.89. The Morgan fingerprint density at radius 2 is 1.68 bits per heavy atom. The molecule has 112 valence electrons. The SMILES string of the molecule is Clc1cc(Cl)cc(-c2c[nH]c(Cc3cccc(Cl)c3Cl)n2)c1. The molecule has 0 unspecified atom stereocenters.